The minimum Gasteiger partial charge on any atom is -0.455 e. The molecule has 12 rings (SSSR count). The number of hydrogen-bond donors (Lipinski definition) is 0. The summed E-state index contributed by atoms with van der Waals surface area (Å²) in [5, 5.41) is 6.65. The van der Waals surface area contributed by atoms with E-state index in [1.165, 1.54) is 21.9 Å². The van der Waals surface area contributed by atoms with E-state index in [0.717, 1.165) is 94.2 Å². The van der Waals surface area contributed by atoms with Crippen molar-refractivity contribution in [3.63, 3.8) is 0 Å². The number of aromatic nitrogens is 2. The molecule has 0 aliphatic rings. The average molecular weight is 767 g/mol. The molecule has 0 spiro atoms. The second-order valence-corrected chi connectivity index (χ2v) is 15.2. The van der Waals surface area contributed by atoms with Crippen molar-refractivity contribution >= 4 is 54.6 Å². The first-order valence-corrected chi connectivity index (χ1v) is 20.2. The van der Waals surface area contributed by atoms with Crippen LogP contribution in [0.15, 0.2) is 215 Å². The fourth-order valence-corrected chi connectivity index (χ4v) is 8.92. The first kappa shape index (κ1) is 34.0. The molecule has 12 aromatic rings. The zero-order chi connectivity index (χ0) is 39.6. The minimum absolute atomic E-state index is 0.610. The van der Waals surface area contributed by atoms with Gasteiger partial charge in [-0.1, -0.05) is 164 Å². The van der Waals surface area contributed by atoms with Crippen LogP contribution in [0.4, 0.5) is 0 Å². The zero-order valence-corrected chi connectivity index (χ0v) is 32.3. The van der Waals surface area contributed by atoms with E-state index in [1.54, 1.807) is 0 Å². The maximum absolute atomic E-state index is 6.59. The Balaban J connectivity index is 1.11. The summed E-state index contributed by atoms with van der Waals surface area (Å²) in [5.41, 5.74) is 14.3. The van der Waals surface area contributed by atoms with Crippen molar-refractivity contribution in [1.29, 1.82) is 0 Å². The molecule has 0 bridgehead atoms. The Bertz CT molecular complexity index is 3470. The number of nitrogens with zero attached hydrogens (tertiary/aromatic N) is 2. The standard InChI is InChI=1S/C56H34N2O2/c1-3-15-35(16-4-1)38-31-32-39(41-20-8-7-19-40(38)41)37-29-30-46(49(33-37)36-17-5-2-6-18-36)56-57-50(47-25-13-23-44-42-21-9-11-27-52(42)59-54(44)47)34-51(58-56)48-26-14-24-45-43-22-10-12-28-53(43)60-55(45)48/h1-34H. The van der Waals surface area contributed by atoms with Gasteiger partial charge >= 0.3 is 0 Å². The van der Waals surface area contributed by atoms with Gasteiger partial charge in [0.25, 0.3) is 0 Å². The van der Waals surface area contributed by atoms with Gasteiger partial charge < -0.3 is 8.83 Å². The SMILES string of the molecule is c1ccc(-c2cc(-c3ccc(-c4ccccc4)c4ccccc34)ccc2-c2nc(-c3cccc4c3oc3ccccc34)cc(-c3cccc4c3oc3ccccc34)n2)cc1. The number of benzene rings is 9. The molecular weight excluding hydrogens is 733 g/mol. The monoisotopic (exact) mass is 766 g/mol. The van der Waals surface area contributed by atoms with Gasteiger partial charge in [-0.05, 0) is 86.6 Å². The van der Waals surface area contributed by atoms with E-state index < -0.39 is 0 Å². The fraction of sp³-hybridized carbons (Fsp3) is 0. The van der Waals surface area contributed by atoms with Gasteiger partial charge in [0.1, 0.15) is 22.3 Å². The van der Waals surface area contributed by atoms with Crippen molar-refractivity contribution in [3.05, 3.63) is 206 Å². The van der Waals surface area contributed by atoms with Crippen molar-refractivity contribution in [2.24, 2.45) is 0 Å². The van der Waals surface area contributed by atoms with Crippen LogP contribution in [-0.4, -0.2) is 9.97 Å². The maximum Gasteiger partial charge on any atom is 0.161 e. The van der Waals surface area contributed by atoms with Crippen LogP contribution >= 0.6 is 0 Å². The molecule has 4 nitrogen and oxygen atoms in total. The van der Waals surface area contributed by atoms with Crippen molar-refractivity contribution in [2.75, 3.05) is 0 Å². The van der Waals surface area contributed by atoms with Gasteiger partial charge in [-0.25, -0.2) is 9.97 Å². The topological polar surface area (TPSA) is 52.1 Å². The number of hydrogen-bond acceptors (Lipinski definition) is 4. The van der Waals surface area contributed by atoms with Gasteiger partial charge in [0, 0.05) is 38.2 Å². The summed E-state index contributed by atoms with van der Waals surface area (Å²) in [6, 6.07) is 72.1. The van der Waals surface area contributed by atoms with E-state index in [0.29, 0.717) is 5.82 Å². The van der Waals surface area contributed by atoms with Gasteiger partial charge in [0.2, 0.25) is 0 Å². The second-order valence-electron chi connectivity index (χ2n) is 15.2. The molecule has 0 aliphatic carbocycles. The van der Waals surface area contributed by atoms with E-state index in [1.807, 2.05) is 36.4 Å². The van der Waals surface area contributed by atoms with Crippen molar-refractivity contribution < 1.29 is 8.83 Å². The molecule has 280 valence electrons. The van der Waals surface area contributed by atoms with Crippen LogP contribution in [0.5, 0.6) is 0 Å². The van der Waals surface area contributed by atoms with Gasteiger partial charge in [-0.3, -0.25) is 0 Å². The summed E-state index contributed by atoms with van der Waals surface area (Å²) in [7, 11) is 0. The van der Waals surface area contributed by atoms with E-state index >= 15 is 0 Å². The highest BCUT2D eigenvalue weighted by molar-refractivity contribution is 6.11. The van der Waals surface area contributed by atoms with E-state index in [4.69, 9.17) is 18.8 Å². The number of furan rings is 2. The maximum atomic E-state index is 6.59. The van der Waals surface area contributed by atoms with Crippen LogP contribution in [0.25, 0.3) is 122 Å². The highest BCUT2D eigenvalue weighted by atomic mass is 16.3. The summed E-state index contributed by atoms with van der Waals surface area (Å²) in [5.74, 6) is 0.610. The quantitative estimate of drug-likeness (QED) is 0.169. The number of rotatable bonds is 6. The van der Waals surface area contributed by atoms with Crippen molar-refractivity contribution in [2.45, 2.75) is 0 Å². The Hall–Kier alpha value is -8.08. The van der Waals surface area contributed by atoms with Crippen LogP contribution in [0.2, 0.25) is 0 Å². The highest BCUT2D eigenvalue weighted by Crippen LogP contribution is 2.43. The lowest BCUT2D eigenvalue weighted by Gasteiger charge is -2.16. The average Bonchev–Trinajstić information content (AvgIpc) is 3.90. The van der Waals surface area contributed by atoms with Crippen molar-refractivity contribution in [1.82, 2.24) is 9.97 Å². The molecule has 0 saturated carbocycles. The van der Waals surface area contributed by atoms with Crippen LogP contribution in [-0.2, 0) is 0 Å². The second kappa shape index (κ2) is 13.8. The molecule has 0 radical (unpaired) electrons. The molecule has 0 fully saturated rings. The molecule has 0 aliphatic heterocycles. The Kier molecular flexibility index (Phi) is 7.82. The minimum atomic E-state index is 0.610. The van der Waals surface area contributed by atoms with Gasteiger partial charge in [0.05, 0.1) is 11.4 Å². The molecule has 3 heterocycles. The van der Waals surface area contributed by atoms with Crippen LogP contribution < -0.4 is 0 Å². The molecule has 0 amide bonds. The van der Waals surface area contributed by atoms with E-state index in [2.05, 4.69) is 170 Å². The summed E-state index contributed by atoms with van der Waals surface area (Å²) < 4.78 is 13.2. The third-order valence-electron chi connectivity index (χ3n) is 11.8. The lowest BCUT2D eigenvalue weighted by Crippen LogP contribution is -1.98. The zero-order valence-electron chi connectivity index (χ0n) is 32.3. The first-order chi connectivity index (χ1) is 29.7. The van der Waals surface area contributed by atoms with Gasteiger partial charge in [-0.15, -0.1) is 0 Å². The fourth-order valence-electron chi connectivity index (χ4n) is 8.92. The predicted molar refractivity (Wildman–Crippen MR) is 247 cm³/mol. The summed E-state index contributed by atoms with van der Waals surface area (Å²) in [6.45, 7) is 0. The first-order valence-electron chi connectivity index (χ1n) is 20.2. The third kappa shape index (κ3) is 5.53. The van der Waals surface area contributed by atoms with Gasteiger partial charge in [0.15, 0.2) is 5.82 Å². The molecule has 9 aromatic carbocycles. The molecule has 0 saturated heterocycles. The van der Waals surface area contributed by atoms with Gasteiger partial charge in [-0.2, -0.15) is 0 Å². The molecule has 0 atom stereocenters. The number of fused-ring (bicyclic) bond motifs is 7. The van der Waals surface area contributed by atoms with Crippen LogP contribution in [0, 0.1) is 0 Å². The summed E-state index contributed by atoms with van der Waals surface area (Å²) >= 11 is 0. The van der Waals surface area contributed by atoms with E-state index in [-0.39, 0.29) is 0 Å². The smallest absolute Gasteiger partial charge is 0.161 e. The Labute approximate surface area is 345 Å². The molecule has 0 N–H and O–H groups in total. The molecule has 60 heavy (non-hydrogen) atoms. The summed E-state index contributed by atoms with van der Waals surface area (Å²) in [6.07, 6.45) is 0. The highest BCUT2D eigenvalue weighted by Gasteiger charge is 2.21. The van der Waals surface area contributed by atoms with E-state index in [9.17, 15) is 0 Å². The Morgan fingerprint density at radius 3 is 1.25 bits per heavy atom. The largest absolute Gasteiger partial charge is 0.455 e. The van der Waals surface area contributed by atoms with Crippen LogP contribution in [0.1, 0.15) is 0 Å². The van der Waals surface area contributed by atoms with Crippen LogP contribution in [0.3, 0.4) is 0 Å². The molecule has 3 aromatic heterocycles. The van der Waals surface area contributed by atoms with Crippen molar-refractivity contribution in [3.8, 4) is 67.3 Å². The Morgan fingerprint density at radius 1 is 0.267 bits per heavy atom. The Morgan fingerprint density at radius 2 is 0.700 bits per heavy atom. The number of para-hydroxylation sites is 4. The normalized spacial score (nSPS) is 11.7. The lowest BCUT2D eigenvalue weighted by atomic mass is 9.89. The lowest BCUT2D eigenvalue weighted by molar-refractivity contribution is 0.669. The molecule has 0 unspecified atom stereocenters. The molecule has 4 heteroatoms. The predicted octanol–water partition coefficient (Wildman–Crippen LogP) is 15.4. The third-order valence-corrected chi connectivity index (χ3v) is 11.8. The molecular formula is C56H34N2O2. The summed E-state index contributed by atoms with van der Waals surface area (Å²) in [4.78, 5) is 10.8.